The van der Waals surface area contributed by atoms with E-state index in [4.69, 9.17) is 0 Å². The summed E-state index contributed by atoms with van der Waals surface area (Å²) >= 11 is 0. The topological polar surface area (TPSA) is 54.4 Å². The molecule has 0 amide bonds. The second-order valence-electron chi connectivity index (χ2n) is 7.76. The SMILES string of the molecule is C=CC(C)(CCC=C(C)C)C(C)(C(=O)O)C(=O)c1ccc2ccccc2c1.[NaH]. The van der Waals surface area contributed by atoms with Crippen molar-refractivity contribution in [2.75, 3.05) is 0 Å². The number of carboxylic acids is 1. The number of carbonyl (C=O) groups is 2. The number of carbonyl (C=O) groups excluding carboxylic acids is 1. The fourth-order valence-electron chi connectivity index (χ4n) is 3.44. The van der Waals surface area contributed by atoms with Gasteiger partial charge >= 0.3 is 35.5 Å². The molecule has 1 N–H and O–H groups in total. The van der Waals surface area contributed by atoms with E-state index < -0.39 is 16.8 Å². The number of aliphatic carboxylic acids is 1. The Bertz CT molecular complexity index is 911. The molecule has 2 aromatic carbocycles. The van der Waals surface area contributed by atoms with E-state index in [-0.39, 0.29) is 35.3 Å². The fourth-order valence-corrected chi connectivity index (χ4v) is 3.44. The molecule has 0 aliphatic carbocycles. The first-order valence-corrected chi connectivity index (χ1v) is 9.19. The molecule has 0 heterocycles. The van der Waals surface area contributed by atoms with Crippen molar-refractivity contribution in [1.29, 1.82) is 0 Å². The van der Waals surface area contributed by atoms with Gasteiger partial charge in [0.05, 0.1) is 0 Å². The summed E-state index contributed by atoms with van der Waals surface area (Å²) < 4.78 is 0. The first-order chi connectivity index (χ1) is 12.7. The number of hydrogen-bond acceptors (Lipinski definition) is 2. The van der Waals surface area contributed by atoms with Crippen molar-refractivity contribution in [2.24, 2.45) is 10.8 Å². The maximum atomic E-state index is 13.4. The molecule has 28 heavy (non-hydrogen) atoms. The van der Waals surface area contributed by atoms with Crippen molar-refractivity contribution in [3.8, 4) is 0 Å². The van der Waals surface area contributed by atoms with Crippen LogP contribution >= 0.6 is 0 Å². The quantitative estimate of drug-likeness (QED) is 0.285. The predicted molar refractivity (Wildman–Crippen MR) is 118 cm³/mol. The van der Waals surface area contributed by atoms with Gasteiger partial charge in [0.25, 0.3) is 0 Å². The molecular formula is C24H29NaO3. The number of allylic oxidation sites excluding steroid dienone is 3. The molecule has 3 nitrogen and oxygen atoms in total. The zero-order valence-electron chi connectivity index (χ0n) is 16.6. The van der Waals surface area contributed by atoms with Crippen molar-refractivity contribution in [3.63, 3.8) is 0 Å². The average molecular weight is 388 g/mol. The number of benzene rings is 2. The molecule has 0 bridgehead atoms. The van der Waals surface area contributed by atoms with E-state index >= 15 is 0 Å². The van der Waals surface area contributed by atoms with Crippen LogP contribution in [0, 0.1) is 10.8 Å². The molecule has 0 aromatic heterocycles. The molecule has 0 saturated heterocycles. The van der Waals surface area contributed by atoms with Gasteiger partial charge in [-0.25, -0.2) is 0 Å². The standard InChI is InChI=1S/C24H28O3.Na.H/c1-6-23(4,15-9-10-17(2)3)24(5,22(26)27)21(25)20-14-13-18-11-7-8-12-19(18)16-20;;/h6-8,10-14,16H,1,9,15H2,2-5H3,(H,26,27);;. The van der Waals surface area contributed by atoms with Gasteiger partial charge in [0, 0.05) is 11.0 Å². The number of ketones is 1. The second kappa shape index (κ2) is 9.69. The summed E-state index contributed by atoms with van der Waals surface area (Å²) in [7, 11) is 0. The molecule has 0 saturated carbocycles. The first-order valence-electron chi connectivity index (χ1n) is 9.19. The predicted octanol–water partition coefficient (Wildman–Crippen LogP) is 5.40. The van der Waals surface area contributed by atoms with Crippen molar-refractivity contribution in [1.82, 2.24) is 0 Å². The number of carboxylic acid groups (broad SMARTS) is 1. The number of Topliss-reactive ketones (excluding diaryl/α,β-unsaturated/α-hetero) is 1. The molecule has 0 fully saturated rings. The summed E-state index contributed by atoms with van der Waals surface area (Å²) in [6, 6.07) is 13.1. The van der Waals surface area contributed by atoms with Crippen LogP contribution in [-0.4, -0.2) is 46.4 Å². The molecule has 144 valence electrons. The van der Waals surface area contributed by atoms with Gasteiger partial charge in [-0.05, 0) is 50.5 Å². The summed E-state index contributed by atoms with van der Waals surface area (Å²) in [4.78, 5) is 25.7. The third kappa shape index (κ3) is 4.65. The van der Waals surface area contributed by atoms with Crippen LogP contribution in [0.25, 0.3) is 10.8 Å². The van der Waals surface area contributed by atoms with E-state index in [1.54, 1.807) is 18.2 Å². The van der Waals surface area contributed by atoms with Crippen LogP contribution in [0.5, 0.6) is 0 Å². The van der Waals surface area contributed by atoms with Gasteiger partial charge in [-0.15, -0.1) is 6.58 Å². The van der Waals surface area contributed by atoms with E-state index in [9.17, 15) is 14.7 Å². The third-order valence-corrected chi connectivity index (χ3v) is 5.70. The Balaban J connectivity index is 0.00000392. The zero-order valence-corrected chi connectivity index (χ0v) is 16.6. The van der Waals surface area contributed by atoms with E-state index in [1.165, 1.54) is 12.5 Å². The van der Waals surface area contributed by atoms with E-state index in [0.717, 1.165) is 10.8 Å². The van der Waals surface area contributed by atoms with Gasteiger partial charge in [-0.1, -0.05) is 61.0 Å². The van der Waals surface area contributed by atoms with Gasteiger partial charge in [0.1, 0.15) is 5.41 Å². The third-order valence-electron chi connectivity index (χ3n) is 5.70. The van der Waals surface area contributed by atoms with Crippen molar-refractivity contribution >= 4 is 52.1 Å². The van der Waals surface area contributed by atoms with Gasteiger partial charge < -0.3 is 5.11 Å². The minimum absolute atomic E-state index is 0. The van der Waals surface area contributed by atoms with E-state index in [1.807, 2.05) is 51.1 Å². The van der Waals surface area contributed by atoms with E-state index in [0.29, 0.717) is 18.4 Å². The van der Waals surface area contributed by atoms with Crippen molar-refractivity contribution in [3.05, 3.63) is 72.3 Å². The molecule has 0 aliphatic heterocycles. The van der Waals surface area contributed by atoms with Crippen LogP contribution in [0.2, 0.25) is 0 Å². The monoisotopic (exact) mass is 388 g/mol. The van der Waals surface area contributed by atoms with Crippen LogP contribution in [-0.2, 0) is 4.79 Å². The van der Waals surface area contributed by atoms with Gasteiger partial charge in [-0.2, -0.15) is 0 Å². The first kappa shape index (κ1) is 24.4. The molecule has 2 aromatic rings. The Morgan fingerprint density at radius 1 is 1.07 bits per heavy atom. The van der Waals surface area contributed by atoms with E-state index in [2.05, 4.69) is 12.7 Å². The summed E-state index contributed by atoms with van der Waals surface area (Å²) in [6.07, 6.45) is 4.91. The van der Waals surface area contributed by atoms with Crippen LogP contribution < -0.4 is 0 Å². The van der Waals surface area contributed by atoms with Gasteiger partial charge in [0.2, 0.25) is 0 Å². The number of fused-ring (bicyclic) bond motifs is 1. The molecule has 2 rings (SSSR count). The van der Waals surface area contributed by atoms with Crippen LogP contribution in [0.1, 0.15) is 50.9 Å². The van der Waals surface area contributed by atoms with Crippen LogP contribution in [0.15, 0.2) is 66.8 Å². The van der Waals surface area contributed by atoms with Crippen LogP contribution in [0.4, 0.5) is 0 Å². The fraction of sp³-hybridized carbons (Fsp3) is 0.333. The summed E-state index contributed by atoms with van der Waals surface area (Å²) in [5.41, 5.74) is -0.909. The Morgan fingerprint density at radius 2 is 1.68 bits per heavy atom. The average Bonchev–Trinajstić information content (AvgIpc) is 2.65. The molecule has 4 heteroatoms. The summed E-state index contributed by atoms with van der Waals surface area (Å²) in [6.45, 7) is 11.2. The van der Waals surface area contributed by atoms with Gasteiger partial charge in [-0.3, -0.25) is 9.59 Å². The van der Waals surface area contributed by atoms with Crippen LogP contribution in [0.3, 0.4) is 0 Å². The molecular weight excluding hydrogens is 359 g/mol. The maximum absolute atomic E-state index is 13.4. The Hall–Kier alpha value is -1.68. The normalized spacial score (nSPS) is 14.9. The molecule has 2 atom stereocenters. The van der Waals surface area contributed by atoms with Crippen molar-refractivity contribution in [2.45, 2.75) is 40.5 Å². The zero-order chi connectivity index (χ0) is 20.2. The summed E-state index contributed by atoms with van der Waals surface area (Å²) in [5.74, 6) is -1.51. The summed E-state index contributed by atoms with van der Waals surface area (Å²) in [5, 5.41) is 12.0. The number of hydrogen-bond donors (Lipinski definition) is 1. The van der Waals surface area contributed by atoms with Gasteiger partial charge in [0.15, 0.2) is 5.78 Å². The Labute approximate surface area is 189 Å². The molecule has 0 aliphatic rings. The number of rotatable bonds is 8. The second-order valence-corrected chi connectivity index (χ2v) is 7.76. The molecule has 2 unspecified atom stereocenters. The Kier molecular flexibility index (Phi) is 8.43. The van der Waals surface area contributed by atoms with Crippen molar-refractivity contribution < 1.29 is 14.7 Å². The molecule has 0 spiro atoms. The minimum atomic E-state index is -1.60. The molecule has 0 radical (unpaired) electrons. The Morgan fingerprint density at radius 3 is 2.21 bits per heavy atom.